The number of rotatable bonds is 5. The molecule has 1 aromatic heterocycles. The Balaban J connectivity index is 2.37. The van der Waals surface area contributed by atoms with E-state index in [2.05, 4.69) is 11.6 Å². The van der Waals surface area contributed by atoms with Crippen LogP contribution in [0.15, 0.2) is 31.0 Å². The molecule has 1 aliphatic heterocycles. The van der Waals surface area contributed by atoms with Gasteiger partial charge < -0.3 is 18.9 Å². The van der Waals surface area contributed by atoms with Crippen LogP contribution in [0.3, 0.4) is 0 Å². The molecule has 2 aromatic rings. The molecule has 5 heteroatoms. The number of benzene rings is 1. The minimum Gasteiger partial charge on any atom is -0.493 e. The second-order valence-electron chi connectivity index (χ2n) is 5.09. The molecule has 1 unspecified atom stereocenters. The Kier molecular flexibility index (Phi) is 3.76. The first-order chi connectivity index (χ1) is 10.7. The molecule has 0 radical (unpaired) electrons. The van der Waals surface area contributed by atoms with Crippen molar-refractivity contribution >= 4 is 10.8 Å². The molecule has 1 aliphatic rings. The van der Waals surface area contributed by atoms with Gasteiger partial charge in [0, 0.05) is 30.7 Å². The molecule has 1 atom stereocenters. The summed E-state index contributed by atoms with van der Waals surface area (Å²) in [7, 11) is 4.87. The van der Waals surface area contributed by atoms with Gasteiger partial charge in [-0.2, -0.15) is 0 Å². The number of hydrogen-bond donors (Lipinski definition) is 0. The van der Waals surface area contributed by atoms with Crippen molar-refractivity contribution in [1.29, 1.82) is 0 Å². The maximum absolute atomic E-state index is 6.02. The van der Waals surface area contributed by atoms with E-state index in [-0.39, 0.29) is 0 Å². The fraction of sp³-hybridized carbons (Fsp3) is 0.353. The van der Waals surface area contributed by atoms with Crippen LogP contribution in [-0.2, 0) is 21.9 Å². The Labute approximate surface area is 129 Å². The number of hydrogen-bond acceptors (Lipinski definition) is 5. The predicted molar refractivity (Wildman–Crippen MR) is 83.1 cm³/mol. The summed E-state index contributed by atoms with van der Waals surface area (Å²) in [6.45, 7) is 4.15. The van der Waals surface area contributed by atoms with Crippen LogP contribution in [0.1, 0.15) is 17.7 Å². The molecule has 3 rings (SSSR count). The topological polar surface area (TPSA) is 49.8 Å². The first-order valence-corrected chi connectivity index (χ1v) is 7.03. The lowest BCUT2D eigenvalue weighted by Crippen LogP contribution is -2.35. The molecule has 0 aliphatic carbocycles. The van der Waals surface area contributed by atoms with E-state index in [1.165, 1.54) is 0 Å². The Bertz CT molecular complexity index is 728. The summed E-state index contributed by atoms with van der Waals surface area (Å²) in [6.07, 6.45) is 4.04. The second-order valence-corrected chi connectivity index (χ2v) is 5.09. The largest absolute Gasteiger partial charge is 0.493 e. The number of ether oxygens (including phenoxy) is 4. The van der Waals surface area contributed by atoms with E-state index in [0.717, 1.165) is 22.0 Å². The summed E-state index contributed by atoms with van der Waals surface area (Å²) in [4.78, 5) is 4.52. The molecule has 22 heavy (non-hydrogen) atoms. The fourth-order valence-corrected chi connectivity index (χ4v) is 3.03. The van der Waals surface area contributed by atoms with E-state index in [4.69, 9.17) is 18.9 Å². The molecule has 0 saturated carbocycles. The first-order valence-electron chi connectivity index (χ1n) is 7.03. The van der Waals surface area contributed by atoms with E-state index in [1.54, 1.807) is 33.6 Å². The Morgan fingerprint density at radius 3 is 2.82 bits per heavy atom. The number of methoxy groups -OCH3 is 3. The third-order valence-electron chi connectivity index (χ3n) is 4.05. The third kappa shape index (κ3) is 1.97. The minimum absolute atomic E-state index is 0.358. The SMILES string of the molecule is C=CCC1(OC)OCc2c(OC)c(OC)cc3ccnc1c23. The Morgan fingerprint density at radius 2 is 2.18 bits per heavy atom. The molecule has 0 N–H and O–H groups in total. The highest BCUT2D eigenvalue weighted by Crippen LogP contribution is 2.46. The Hall–Kier alpha value is -2.11. The van der Waals surface area contributed by atoms with Gasteiger partial charge >= 0.3 is 0 Å². The zero-order valence-corrected chi connectivity index (χ0v) is 13.0. The van der Waals surface area contributed by atoms with Gasteiger partial charge in [0.15, 0.2) is 11.5 Å². The Morgan fingerprint density at radius 1 is 1.36 bits per heavy atom. The van der Waals surface area contributed by atoms with E-state index in [0.29, 0.717) is 24.5 Å². The van der Waals surface area contributed by atoms with Crippen molar-refractivity contribution in [2.75, 3.05) is 21.3 Å². The second kappa shape index (κ2) is 5.59. The molecule has 0 fully saturated rings. The normalized spacial score (nSPS) is 20.0. The summed E-state index contributed by atoms with van der Waals surface area (Å²) >= 11 is 0. The van der Waals surface area contributed by atoms with Gasteiger partial charge in [-0.25, -0.2) is 0 Å². The van der Waals surface area contributed by atoms with E-state index < -0.39 is 5.79 Å². The van der Waals surface area contributed by atoms with Crippen LogP contribution >= 0.6 is 0 Å². The molecule has 116 valence electrons. The van der Waals surface area contributed by atoms with Crippen LogP contribution in [0, 0.1) is 0 Å². The molecule has 0 bridgehead atoms. The lowest BCUT2D eigenvalue weighted by molar-refractivity contribution is -0.241. The van der Waals surface area contributed by atoms with Crippen LogP contribution in [0.2, 0.25) is 0 Å². The highest BCUT2D eigenvalue weighted by atomic mass is 16.7. The highest BCUT2D eigenvalue weighted by molar-refractivity contribution is 5.92. The predicted octanol–water partition coefficient (Wildman–Crippen LogP) is 3.16. The van der Waals surface area contributed by atoms with Crippen LogP contribution in [0.5, 0.6) is 11.5 Å². The molecule has 5 nitrogen and oxygen atoms in total. The standard InChI is InChI=1S/C17H19NO4/c1-5-7-17(21-4)16-14-11(6-8-18-16)9-13(19-2)15(20-3)12(14)10-22-17/h5-6,8-9H,1,7,10H2,2-4H3. The van der Waals surface area contributed by atoms with Gasteiger partial charge in [0.1, 0.15) is 5.69 Å². The van der Waals surface area contributed by atoms with Crippen molar-refractivity contribution in [1.82, 2.24) is 4.98 Å². The van der Waals surface area contributed by atoms with E-state index in [1.807, 2.05) is 12.1 Å². The summed E-state index contributed by atoms with van der Waals surface area (Å²) < 4.78 is 22.6. The maximum atomic E-state index is 6.02. The number of pyridine rings is 1. The van der Waals surface area contributed by atoms with E-state index >= 15 is 0 Å². The van der Waals surface area contributed by atoms with Gasteiger partial charge in [0.25, 0.3) is 0 Å². The monoisotopic (exact) mass is 301 g/mol. The van der Waals surface area contributed by atoms with Crippen molar-refractivity contribution in [3.63, 3.8) is 0 Å². The van der Waals surface area contributed by atoms with Crippen molar-refractivity contribution in [2.45, 2.75) is 18.8 Å². The first kappa shape index (κ1) is 14.8. The summed E-state index contributed by atoms with van der Waals surface area (Å²) in [5.41, 5.74) is 1.67. The molecule has 0 saturated heterocycles. The van der Waals surface area contributed by atoms with Crippen molar-refractivity contribution in [3.05, 3.63) is 42.2 Å². The number of nitrogens with zero attached hydrogens (tertiary/aromatic N) is 1. The van der Waals surface area contributed by atoms with Gasteiger partial charge in [0.2, 0.25) is 5.79 Å². The average Bonchev–Trinajstić information content (AvgIpc) is 2.57. The summed E-state index contributed by atoms with van der Waals surface area (Å²) in [5.74, 6) is 0.445. The van der Waals surface area contributed by atoms with Crippen LogP contribution in [0.4, 0.5) is 0 Å². The maximum Gasteiger partial charge on any atom is 0.216 e. The van der Waals surface area contributed by atoms with Crippen molar-refractivity contribution in [3.8, 4) is 11.5 Å². The molecule has 0 amide bonds. The minimum atomic E-state index is -0.909. The lowest BCUT2D eigenvalue weighted by atomic mass is 9.93. The van der Waals surface area contributed by atoms with Gasteiger partial charge in [-0.1, -0.05) is 6.08 Å². The van der Waals surface area contributed by atoms with Crippen LogP contribution < -0.4 is 9.47 Å². The van der Waals surface area contributed by atoms with Crippen LogP contribution in [-0.4, -0.2) is 26.3 Å². The zero-order valence-electron chi connectivity index (χ0n) is 13.0. The van der Waals surface area contributed by atoms with Gasteiger partial charge in [-0.15, -0.1) is 6.58 Å². The lowest BCUT2D eigenvalue weighted by Gasteiger charge is -2.36. The summed E-state index contributed by atoms with van der Waals surface area (Å²) in [6, 6.07) is 3.90. The van der Waals surface area contributed by atoms with E-state index in [9.17, 15) is 0 Å². The number of aromatic nitrogens is 1. The molecule has 0 spiro atoms. The van der Waals surface area contributed by atoms with Crippen molar-refractivity contribution in [2.24, 2.45) is 0 Å². The van der Waals surface area contributed by atoms with Crippen LogP contribution in [0.25, 0.3) is 10.8 Å². The fourth-order valence-electron chi connectivity index (χ4n) is 3.03. The smallest absolute Gasteiger partial charge is 0.216 e. The quantitative estimate of drug-likeness (QED) is 0.794. The highest BCUT2D eigenvalue weighted by Gasteiger charge is 2.40. The summed E-state index contributed by atoms with van der Waals surface area (Å²) in [5, 5.41) is 2.02. The zero-order chi connectivity index (χ0) is 15.7. The van der Waals surface area contributed by atoms with Gasteiger partial charge in [-0.3, -0.25) is 4.98 Å². The van der Waals surface area contributed by atoms with Gasteiger partial charge in [-0.05, 0) is 17.5 Å². The molecule has 2 heterocycles. The molecular formula is C17H19NO4. The van der Waals surface area contributed by atoms with Gasteiger partial charge in [0.05, 0.1) is 20.8 Å². The van der Waals surface area contributed by atoms with Crippen molar-refractivity contribution < 1.29 is 18.9 Å². The molecular weight excluding hydrogens is 282 g/mol. The molecule has 1 aromatic carbocycles. The third-order valence-corrected chi connectivity index (χ3v) is 4.05. The average molecular weight is 301 g/mol.